The van der Waals surface area contributed by atoms with Gasteiger partial charge in [-0.2, -0.15) is 0 Å². The molecule has 0 saturated heterocycles. The van der Waals surface area contributed by atoms with Crippen LogP contribution in [0.2, 0.25) is 0 Å². The van der Waals surface area contributed by atoms with Crippen LogP contribution < -0.4 is 0 Å². The molecule has 0 amide bonds. The second-order valence-electron chi connectivity index (χ2n) is 6.36. The Kier molecular flexibility index (Phi) is 7.06. The van der Waals surface area contributed by atoms with Gasteiger partial charge in [-0.3, -0.25) is 4.79 Å². The molecule has 0 aliphatic carbocycles. The summed E-state index contributed by atoms with van der Waals surface area (Å²) >= 11 is 0. The Morgan fingerprint density at radius 3 is 2.59 bits per heavy atom. The fourth-order valence-corrected chi connectivity index (χ4v) is 3.03. The molecule has 8 heteroatoms. The highest BCUT2D eigenvalue weighted by atomic mass is 16.5. The molecule has 1 aliphatic rings. The smallest absolute Gasteiger partial charge is 0.337 e. The van der Waals surface area contributed by atoms with E-state index in [1.54, 1.807) is 13.0 Å². The van der Waals surface area contributed by atoms with Gasteiger partial charge in [-0.25, -0.2) is 4.79 Å². The number of ether oxygens (including phenoxy) is 3. The quantitative estimate of drug-likeness (QED) is 0.477. The summed E-state index contributed by atoms with van der Waals surface area (Å²) in [6.07, 6.45) is 1.18. The molecule has 27 heavy (non-hydrogen) atoms. The predicted octanol–water partition coefficient (Wildman–Crippen LogP) is 1.27. The van der Waals surface area contributed by atoms with E-state index in [4.69, 9.17) is 14.2 Å². The van der Waals surface area contributed by atoms with Crippen LogP contribution >= 0.6 is 0 Å². The number of carbonyl (C=O) groups is 2. The van der Waals surface area contributed by atoms with Crippen LogP contribution in [0.5, 0.6) is 11.5 Å². The average molecular weight is 380 g/mol. The van der Waals surface area contributed by atoms with Gasteiger partial charge in [0.2, 0.25) is 0 Å². The van der Waals surface area contributed by atoms with E-state index >= 15 is 0 Å². The number of esters is 2. The molecule has 1 aromatic carbocycles. The van der Waals surface area contributed by atoms with Crippen LogP contribution in [0.3, 0.4) is 0 Å². The summed E-state index contributed by atoms with van der Waals surface area (Å²) in [4.78, 5) is 24.2. The van der Waals surface area contributed by atoms with Crippen LogP contribution in [0.1, 0.15) is 18.9 Å². The van der Waals surface area contributed by atoms with E-state index in [9.17, 15) is 24.9 Å². The Morgan fingerprint density at radius 2 is 1.96 bits per heavy atom. The minimum atomic E-state index is -0.613. The van der Waals surface area contributed by atoms with Crippen molar-refractivity contribution < 1.29 is 39.1 Å². The molecule has 0 bridgehead atoms. The fraction of sp³-hybridized carbons (Fsp3) is 0.474. The van der Waals surface area contributed by atoms with E-state index in [2.05, 4.69) is 0 Å². The molecule has 1 aliphatic heterocycles. The number of rotatable bonds is 7. The summed E-state index contributed by atoms with van der Waals surface area (Å²) in [6.45, 7) is 1.57. The number of aromatic hydroxyl groups is 2. The van der Waals surface area contributed by atoms with E-state index in [0.29, 0.717) is 12.0 Å². The lowest BCUT2D eigenvalue weighted by Crippen LogP contribution is -2.38. The number of aliphatic hydroxyl groups is 1. The lowest BCUT2D eigenvalue weighted by atomic mass is 9.79. The molecule has 3 atom stereocenters. The minimum Gasteiger partial charge on any atom is -0.504 e. The van der Waals surface area contributed by atoms with E-state index in [1.807, 2.05) is 0 Å². The fourth-order valence-electron chi connectivity index (χ4n) is 3.03. The van der Waals surface area contributed by atoms with Crippen molar-refractivity contribution in [3.05, 3.63) is 35.6 Å². The van der Waals surface area contributed by atoms with E-state index in [1.165, 1.54) is 25.5 Å². The zero-order chi connectivity index (χ0) is 20.0. The van der Waals surface area contributed by atoms with Crippen molar-refractivity contribution in [2.24, 2.45) is 11.8 Å². The lowest BCUT2D eigenvalue weighted by molar-refractivity contribution is -0.146. The van der Waals surface area contributed by atoms with Gasteiger partial charge in [-0.15, -0.1) is 0 Å². The highest BCUT2D eigenvalue weighted by molar-refractivity contribution is 5.89. The Bertz CT molecular complexity index is 712. The first-order valence-corrected chi connectivity index (χ1v) is 8.58. The molecule has 1 aromatic rings. The standard InChI is InChI=1S/C19H24O8/c1-11-14(9-20)13(15(10-27-11)19(24)25-2)8-18(23)26-6-5-12-3-4-16(21)17(22)7-12/h3-4,7,10-11,13-14,20-22H,5-6,8-9H2,1-2H3/t11-,13-,14+/m0/s1. The van der Waals surface area contributed by atoms with Crippen molar-refractivity contribution in [3.63, 3.8) is 0 Å². The van der Waals surface area contributed by atoms with Crippen LogP contribution in [0.15, 0.2) is 30.0 Å². The van der Waals surface area contributed by atoms with Crippen LogP contribution in [0.4, 0.5) is 0 Å². The molecule has 2 rings (SSSR count). The van der Waals surface area contributed by atoms with Gasteiger partial charge in [0.25, 0.3) is 0 Å². The molecule has 1 heterocycles. The van der Waals surface area contributed by atoms with Gasteiger partial charge in [0.15, 0.2) is 11.5 Å². The number of carbonyl (C=O) groups excluding carboxylic acids is 2. The van der Waals surface area contributed by atoms with E-state index < -0.39 is 23.8 Å². The molecule has 0 aromatic heterocycles. The van der Waals surface area contributed by atoms with Crippen molar-refractivity contribution in [1.82, 2.24) is 0 Å². The van der Waals surface area contributed by atoms with Crippen molar-refractivity contribution in [2.45, 2.75) is 25.9 Å². The number of hydrogen-bond acceptors (Lipinski definition) is 8. The SMILES string of the molecule is COC(=O)C1=CO[C@@H](C)[C@@H](CO)[C@@H]1CC(=O)OCCc1ccc(O)c(O)c1. The van der Waals surface area contributed by atoms with Gasteiger partial charge in [-0.1, -0.05) is 6.07 Å². The monoisotopic (exact) mass is 380 g/mol. The molecule has 0 spiro atoms. The topological polar surface area (TPSA) is 123 Å². The zero-order valence-electron chi connectivity index (χ0n) is 15.3. The second-order valence-corrected chi connectivity index (χ2v) is 6.36. The highest BCUT2D eigenvalue weighted by Crippen LogP contribution is 2.34. The second kappa shape index (κ2) is 9.27. The third kappa shape index (κ3) is 5.13. The first kappa shape index (κ1) is 20.6. The molecule has 0 fully saturated rings. The Labute approximate surface area is 157 Å². The highest BCUT2D eigenvalue weighted by Gasteiger charge is 2.38. The summed E-state index contributed by atoms with van der Waals surface area (Å²) < 4.78 is 15.3. The van der Waals surface area contributed by atoms with Crippen molar-refractivity contribution in [1.29, 1.82) is 0 Å². The first-order valence-electron chi connectivity index (χ1n) is 8.58. The summed E-state index contributed by atoms with van der Waals surface area (Å²) in [5, 5.41) is 28.4. The normalized spacial score (nSPS) is 21.7. The minimum absolute atomic E-state index is 0.0723. The number of hydrogen-bond donors (Lipinski definition) is 3. The number of aliphatic hydroxyl groups excluding tert-OH is 1. The number of phenolic OH excluding ortho intramolecular Hbond substituents is 2. The van der Waals surface area contributed by atoms with Gasteiger partial charge >= 0.3 is 11.9 Å². The van der Waals surface area contributed by atoms with Crippen molar-refractivity contribution in [3.8, 4) is 11.5 Å². The summed E-state index contributed by atoms with van der Waals surface area (Å²) in [5.41, 5.74) is 0.885. The summed E-state index contributed by atoms with van der Waals surface area (Å²) in [6, 6.07) is 4.36. The van der Waals surface area contributed by atoms with Gasteiger partial charge in [-0.05, 0) is 24.6 Å². The Balaban J connectivity index is 1.96. The van der Waals surface area contributed by atoms with Crippen LogP contribution in [0.25, 0.3) is 0 Å². The molecule has 8 nitrogen and oxygen atoms in total. The third-order valence-electron chi connectivity index (χ3n) is 4.64. The molecular formula is C19H24O8. The first-order chi connectivity index (χ1) is 12.9. The summed E-state index contributed by atoms with van der Waals surface area (Å²) in [5.74, 6) is -2.61. The average Bonchev–Trinajstić information content (AvgIpc) is 2.64. The number of benzene rings is 1. The zero-order valence-corrected chi connectivity index (χ0v) is 15.3. The molecule has 3 N–H and O–H groups in total. The third-order valence-corrected chi connectivity index (χ3v) is 4.64. The Morgan fingerprint density at radius 1 is 1.22 bits per heavy atom. The maximum Gasteiger partial charge on any atom is 0.337 e. The van der Waals surface area contributed by atoms with Gasteiger partial charge < -0.3 is 29.5 Å². The lowest BCUT2D eigenvalue weighted by Gasteiger charge is -2.34. The maximum absolute atomic E-state index is 12.2. The largest absolute Gasteiger partial charge is 0.504 e. The molecule has 0 radical (unpaired) electrons. The van der Waals surface area contributed by atoms with Crippen LogP contribution in [0, 0.1) is 11.8 Å². The number of methoxy groups -OCH3 is 1. The summed E-state index contributed by atoms with van der Waals surface area (Å²) in [7, 11) is 1.23. The van der Waals surface area contributed by atoms with Crippen LogP contribution in [-0.2, 0) is 30.2 Å². The van der Waals surface area contributed by atoms with Crippen molar-refractivity contribution in [2.75, 3.05) is 20.3 Å². The Hall–Kier alpha value is -2.74. The molecule has 0 saturated carbocycles. The molecular weight excluding hydrogens is 356 g/mol. The molecule has 148 valence electrons. The predicted molar refractivity (Wildman–Crippen MR) is 93.8 cm³/mol. The maximum atomic E-state index is 12.2. The molecule has 0 unspecified atom stereocenters. The van der Waals surface area contributed by atoms with E-state index in [-0.39, 0.29) is 42.8 Å². The van der Waals surface area contributed by atoms with Crippen LogP contribution in [-0.4, -0.2) is 53.7 Å². The van der Waals surface area contributed by atoms with Gasteiger partial charge in [0, 0.05) is 18.3 Å². The number of phenols is 2. The van der Waals surface area contributed by atoms with Crippen molar-refractivity contribution >= 4 is 11.9 Å². The van der Waals surface area contributed by atoms with Gasteiger partial charge in [0.05, 0.1) is 38.6 Å². The van der Waals surface area contributed by atoms with Gasteiger partial charge in [0.1, 0.15) is 6.10 Å². The van der Waals surface area contributed by atoms with E-state index in [0.717, 1.165) is 0 Å².